The lowest BCUT2D eigenvalue weighted by molar-refractivity contribution is 0.0380. The molecule has 0 N–H and O–H groups in total. The van der Waals surface area contributed by atoms with Crippen LogP contribution in [0, 0.1) is 0 Å². The summed E-state index contributed by atoms with van der Waals surface area (Å²) in [6, 6.07) is 26.0. The number of benzene rings is 4. The van der Waals surface area contributed by atoms with Crippen LogP contribution in [0.15, 0.2) is 115 Å². The van der Waals surface area contributed by atoms with Crippen molar-refractivity contribution in [2.75, 3.05) is 0 Å². The predicted molar refractivity (Wildman–Crippen MR) is 241 cm³/mol. The molecule has 59 heavy (non-hydrogen) atoms. The third-order valence-electron chi connectivity index (χ3n) is 11.3. The number of rotatable bonds is 5. The van der Waals surface area contributed by atoms with Gasteiger partial charge in [-0.1, -0.05) is 132 Å². The van der Waals surface area contributed by atoms with Gasteiger partial charge in [0, 0.05) is 64.1 Å². The molecule has 0 saturated heterocycles. The Bertz CT molecular complexity index is 3080. The summed E-state index contributed by atoms with van der Waals surface area (Å²) in [7, 11) is 0. The predicted octanol–water partition coefficient (Wildman–Crippen LogP) is 13.8. The number of pyridine rings is 2. The van der Waals surface area contributed by atoms with Gasteiger partial charge in [0.05, 0.1) is 16.5 Å². The average molecular weight is 792 g/mol. The van der Waals surface area contributed by atoms with E-state index in [0.29, 0.717) is 16.9 Å². The molecule has 0 bridgehead atoms. The lowest BCUT2D eigenvalue weighted by atomic mass is 9.78. The SMILES string of the molecule is [2H]c1c([2H])c([2H])c2c(c1[2H])[N+](c1cc(C(C)(C)C)cc(C(F)(F)c3cc4c(cn3)c3ccccc3n4-c3cc(C(C)(C)C)ccn3)c1)=C=[N+]2c1c(C(C)(C)C)cccc1C(C)(C)C. The number of hydrogen-bond acceptors (Lipinski definition) is 2. The number of nitrogens with zero attached hydrogens (tertiary/aromatic N) is 5. The van der Waals surface area contributed by atoms with Crippen molar-refractivity contribution in [1.29, 1.82) is 0 Å². The Balaban J connectivity index is 1.41. The molecule has 0 aliphatic carbocycles. The lowest BCUT2D eigenvalue weighted by Gasteiger charge is -2.25. The zero-order valence-electron chi connectivity index (χ0n) is 40.2. The average Bonchev–Trinajstić information content (AvgIpc) is 3.77. The summed E-state index contributed by atoms with van der Waals surface area (Å²) < 4.78 is 76.6. The second kappa shape index (κ2) is 13.6. The van der Waals surface area contributed by atoms with Gasteiger partial charge in [-0.2, -0.15) is 8.78 Å². The fourth-order valence-corrected chi connectivity index (χ4v) is 7.96. The highest BCUT2D eigenvalue weighted by molar-refractivity contribution is 6.08. The Morgan fingerprint density at radius 3 is 1.83 bits per heavy atom. The molecule has 7 aromatic rings. The fourth-order valence-electron chi connectivity index (χ4n) is 7.96. The molecule has 0 radical (unpaired) electrons. The molecular formula is C52H55F2N5+2. The minimum Gasteiger partial charge on any atom is -0.294 e. The standard InChI is InChI=1S/C52H55F2N5/c1-48(2,3)33-24-25-55-46(29-33)59-41-21-14-13-18-37(41)38-31-56-45(30-44(38)59)52(53,54)35-26-34(49(4,5)6)27-36(28-35)57-32-58(43-23-16-15-22-42(43)57)47-39(50(7,8)9)19-17-20-40(47)51(10,11)12/h13-31H,1-12H3/q+2/i15D,16D,22D,23D. The van der Waals surface area contributed by atoms with Crippen LogP contribution < -0.4 is 9.15 Å². The number of para-hydroxylation sites is 4. The topological polar surface area (TPSA) is 36.7 Å². The molecule has 1 aliphatic rings. The van der Waals surface area contributed by atoms with Gasteiger partial charge in [0.15, 0.2) is 0 Å². The molecule has 0 atom stereocenters. The Morgan fingerprint density at radius 2 is 1.20 bits per heavy atom. The minimum atomic E-state index is -3.62. The molecule has 8 rings (SSSR count). The van der Waals surface area contributed by atoms with Crippen LogP contribution in [0.5, 0.6) is 0 Å². The van der Waals surface area contributed by atoms with E-state index in [4.69, 9.17) is 7.73 Å². The Hall–Kier alpha value is -5.78. The maximum absolute atomic E-state index is 17.7. The van der Waals surface area contributed by atoms with Gasteiger partial charge >= 0.3 is 11.9 Å². The van der Waals surface area contributed by atoms with E-state index < -0.39 is 29.1 Å². The maximum atomic E-state index is 17.7. The third kappa shape index (κ3) is 6.99. The van der Waals surface area contributed by atoms with E-state index in [0.717, 1.165) is 38.7 Å². The Labute approximate surface area is 353 Å². The summed E-state index contributed by atoms with van der Waals surface area (Å²) >= 11 is 0. The molecule has 0 unspecified atom stereocenters. The first-order chi connectivity index (χ1) is 29.2. The molecular weight excluding hydrogens is 733 g/mol. The van der Waals surface area contributed by atoms with Crippen molar-refractivity contribution in [3.63, 3.8) is 0 Å². The van der Waals surface area contributed by atoms with E-state index in [9.17, 15) is 2.74 Å². The van der Waals surface area contributed by atoms with Crippen LogP contribution in [-0.4, -0.2) is 20.5 Å². The quantitative estimate of drug-likeness (QED) is 0.163. The van der Waals surface area contributed by atoms with Gasteiger partial charge in [-0.05, 0) is 72.3 Å². The van der Waals surface area contributed by atoms with Gasteiger partial charge in [-0.25, -0.2) is 4.98 Å². The second-order valence-electron chi connectivity index (χ2n) is 19.9. The number of halogens is 2. The van der Waals surface area contributed by atoms with E-state index in [-0.39, 0.29) is 51.0 Å². The zero-order chi connectivity index (χ0) is 45.9. The van der Waals surface area contributed by atoms with Crippen LogP contribution in [0.3, 0.4) is 0 Å². The first kappa shape index (κ1) is 35.2. The highest BCUT2D eigenvalue weighted by Crippen LogP contribution is 2.46. The van der Waals surface area contributed by atoms with Gasteiger partial charge in [0.2, 0.25) is 11.4 Å². The molecule has 0 saturated carbocycles. The molecule has 4 heterocycles. The Kier molecular flexibility index (Phi) is 8.14. The van der Waals surface area contributed by atoms with Gasteiger partial charge < -0.3 is 0 Å². The van der Waals surface area contributed by atoms with E-state index >= 15 is 8.78 Å². The third-order valence-corrected chi connectivity index (χ3v) is 11.3. The van der Waals surface area contributed by atoms with Gasteiger partial charge in [0.25, 0.3) is 11.4 Å². The van der Waals surface area contributed by atoms with Crippen LogP contribution in [-0.2, 0) is 27.6 Å². The Morgan fingerprint density at radius 1 is 0.593 bits per heavy atom. The second-order valence-corrected chi connectivity index (χ2v) is 19.9. The van der Waals surface area contributed by atoms with Crippen molar-refractivity contribution in [3.05, 3.63) is 149 Å². The molecule has 5 nitrogen and oxygen atoms in total. The van der Waals surface area contributed by atoms with Gasteiger partial charge in [0.1, 0.15) is 11.5 Å². The van der Waals surface area contributed by atoms with Crippen molar-refractivity contribution in [3.8, 4) is 5.82 Å². The van der Waals surface area contributed by atoms with Crippen LogP contribution in [0.25, 0.3) is 27.6 Å². The van der Waals surface area contributed by atoms with Crippen LogP contribution in [0.4, 0.5) is 31.5 Å². The van der Waals surface area contributed by atoms with Crippen molar-refractivity contribution >= 4 is 50.6 Å². The van der Waals surface area contributed by atoms with E-state index in [2.05, 4.69) is 73.3 Å². The first-order valence-electron chi connectivity index (χ1n) is 22.2. The summed E-state index contributed by atoms with van der Waals surface area (Å²) in [5, 5.41) is 1.58. The molecule has 1 aliphatic heterocycles. The van der Waals surface area contributed by atoms with E-state index in [1.807, 2.05) is 86.0 Å². The smallest absolute Gasteiger partial charge is 0.294 e. The summed E-state index contributed by atoms with van der Waals surface area (Å²) in [4.78, 5) is 9.20. The van der Waals surface area contributed by atoms with Gasteiger partial charge in [-0.15, -0.1) is 0 Å². The van der Waals surface area contributed by atoms with E-state index in [1.54, 1.807) is 10.8 Å². The molecule has 0 amide bonds. The number of hydrogen-bond donors (Lipinski definition) is 0. The van der Waals surface area contributed by atoms with Crippen LogP contribution >= 0.6 is 0 Å². The lowest BCUT2D eigenvalue weighted by Crippen LogP contribution is -2.22. The first-order valence-corrected chi connectivity index (χ1v) is 20.2. The fraction of sp³-hybridized carbons (Fsp3) is 0.327. The highest BCUT2D eigenvalue weighted by Gasteiger charge is 2.44. The summed E-state index contributed by atoms with van der Waals surface area (Å²) in [6.45, 7) is 24.8. The molecule has 7 heteroatoms. The van der Waals surface area contributed by atoms with Crippen molar-refractivity contribution in [1.82, 2.24) is 23.7 Å². The summed E-state index contributed by atoms with van der Waals surface area (Å²) in [5.41, 5.74) is 3.91. The molecule has 0 spiro atoms. The molecule has 4 aromatic carbocycles. The monoisotopic (exact) mass is 791 g/mol. The minimum absolute atomic E-state index is 0.124. The van der Waals surface area contributed by atoms with Crippen LogP contribution in [0.1, 0.15) is 122 Å². The molecule has 3 aromatic heterocycles. The molecule has 300 valence electrons. The summed E-state index contributed by atoms with van der Waals surface area (Å²) in [6.07, 6.45) is 3.27. The van der Waals surface area contributed by atoms with E-state index in [1.165, 1.54) is 29.0 Å². The summed E-state index contributed by atoms with van der Waals surface area (Å²) in [5.74, 6) is -3.01. The maximum Gasteiger partial charge on any atom is 0.503 e. The molecule has 0 fully saturated rings. The van der Waals surface area contributed by atoms with Gasteiger partial charge in [-0.3, -0.25) is 9.55 Å². The number of fused-ring (bicyclic) bond motifs is 4. The van der Waals surface area contributed by atoms with Crippen molar-refractivity contribution in [2.45, 2.75) is 111 Å². The zero-order valence-corrected chi connectivity index (χ0v) is 36.2. The van der Waals surface area contributed by atoms with Crippen LogP contribution in [0.2, 0.25) is 0 Å². The normalized spacial score (nSPS) is 14.8. The van der Waals surface area contributed by atoms with Crippen molar-refractivity contribution in [2.24, 2.45) is 0 Å². The van der Waals surface area contributed by atoms with Crippen molar-refractivity contribution < 1.29 is 14.3 Å². The highest BCUT2D eigenvalue weighted by atomic mass is 19.3. The number of alkyl halides is 2. The number of aromatic nitrogens is 3. The largest absolute Gasteiger partial charge is 0.503 e.